The Bertz CT molecular complexity index is 418. The fraction of sp³-hybridized carbons (Fsp3) is 0.364. The van der Waals surface area contributed by atoms with Crippen molar-refractivity contribution in [3.05, 3.63) is 18.2 Å². The monoisotopic (exact) mass is 222 g/mol. The third-order valence-electron chi connectivity index (χ3n) is 2.42. The molecule has 0 fully saturated rings. The van der Waals surface area contributed by atoms with Crippen LogP contribution >= 0.6 is 0 Å². The van der Waals surface area contributed by atoms with Gasteiger partial charge < -0.3 is 20.4 Å². The molecule has 0 bridgehead atoms. The Morgan fingerprint density at radius 1 is 1.56 bits per heavy atom. The number of benzene rings is 1. The van der Waals surface area contributed by atoms with Crippen LogP contribution in [0.4, 0.5) is 11.4 Å². The first-order chi connectivity index (χ1) is 7.56. The summed E-state index contributed by atoms with van der Waals surface area (Å²) in [4.78, 5) is 13.2. The second kappa shape index (κ2) is 4.02. The predicted octanol–water partition coefficient (Wildman–Crippen LogP) is 0.531. The van der Waals surface area contributed by atoms with E-state index in [1.54, 1.807) is 24.0 Å². The molecule has 5 nitrogen and oxygen atoms in total. The number of hydrogen-bond donors (Lipinski definition) is 3. The summed E-state index contributed by atoms with van der Waals surface area (Å²) in [5.74, 6) is 0.0318. The molecule has 86 valence electrons. The lowest BCUT2D eigenvalue weighted by Crippen LogP contribution is -2.41. The number of hydrogen-bond acceptors (Lipinski definition) is 4. The molecular weight excluding hydrogens is 208 g/mol. The number of aromatic hydroxyl groups is 1. The second-order valence-corrected chi connectivity index (χ2v) is 3.98. The van der Waals surface area contributed by atoms with Crippen LogP contribution in [0.5, 0.6) is 5.75 Å². The van der Waals surface area contributed by atoms with E-state index in [-0.39, 0.29) is 18.2 Å². The number of carbonyl (C=O) groups is 1. The van der Waals surface area contributed by atoms with E-state index >= 15 is 0 Å². The Morgan fingerprint density at radius 3 is 3.00 bits per heavy atom. The summed E-state index contributed by atoms with van der Waals surface area (Å²) in [6.45, 7) is 2.22. The average Bonchev–Trinajstić information content (AvgIpc) is 2.18. The first-order valence-corrected chi connectivity index (χ1v) is 5.12. The van der Waals surface area contributed by atoms with Crippen LogP contribution < -0.4 is 10.2 Å². The highest BCUT2D eigenvalue weighted by Crippen LogP contribution is 2.32. The summed E-state index contributed by atoms with van der Waals surface area (Å²) >= 11 is 0. The van der Waals surface area contributed by atoms with E-state index in [1.807, 2.05) is 0 Å². The van der Waals surface area contributed by atoms with Gasteiger partial charge in [-0.1, -0.05) is 0 Å². The Balaban J connectivity index is 2.35. The normalized spacial score (nSPS) is 16.6. The summed E-state index contributed by atoms with van der Waals surface area (Å²) < 4.78 is 0. The molecule has 0 aliphatic carbocycles. The van der Waals surface area contributed by atoms with Crippen LogP contribution in [-0.4, -0.2) is 35.3 Å². The zero-order valence-electron chi connectivity index (χ0n) is 8.97. The predicted molar refractivity (Wildman–Crippen MR) is 60.6 cm³/mol. The van der Waals surface area contributed by atoms with Gasteiger partial charge >= 0.3 is 0 Å². The van der Waals surface area contributed by atoms with E-state index in [4.69, 9.17) is 0 Å². The summed E-state index contributed by atoms with van der Waals surface area (Å²) in [6, 6.07) is 4.75. The van der Waals surface area contributed by atoms with Gasteiger partial charge in [0, 0.05) is 12.6 Å². The van der Waals surface area contributed by atoms with Gasteiger partial charge in [-0.05, 0) is 19.1 Å². The average molecular weight is 222 g/mol. The van der Waals surface area contributed by atoms with Crippen molar-refractivity contribution in [1.82, 2.24) is 0 Å². The van der Waals surface area contributed by atoms with Gasteiger partial charge in [0.1, 0.15) is 5.75 Å². The van der Waals surface area contributed by atoms with E-state index < -0.39 is 6.10 Å². The van der Waals surface area contributed by atoms with Crippen molar-refractivity contribution < 1.29 is 15.0 Å². The molecule has 0 saturated heterocycles. The van der Waals surface area contributed by atoms with Gasteiger partial charge in [-0.25, -0.2) is 0 Å². The van der Waals surface area contributed by atoms with Crippen LogP contribution in [0, 0.1) is 0 Å². The standard InChI is InChI=1S/C11H14N2O3/c1-7(14)5-13-6-11(16)12-9-3-2-8(15)4-10(9)13/h2-4,7,14-15H,5-6H2,1H3,(H,12,16). The van der Waals surface area contributed by atoms with Crippen molar-refractivity contribution in [1.29, 1.82) is 0 Å². The molecule has 1 unspecified atom stereocenters. The van der Waals surface area contributed by atoms with Crippen LogP contribution in [0.15, 0.2) is 18.2 Å². The molecule has 0 spiro atoms. The second-order valence-electron chi connectivity index (χ2n) is 3.98. The number of nitrogens with zero attached hydrogens (tertiary/aromatic N) is 1. The van der Waals surface area contributed by atoms with Gasteiger partial charge in [-0.3, -0.25) is 4.79 Å². The Labute approximate surface area is 93.3 Å². The van der Waals surface area contributed by atoms with Crippen LogP contribution in [0.1, 0.15) is 6.92 Å². The summed E-state index contributed by atoms with van der Waals surface area (Å²) in [5.41, 5.74) is 1.40. The highest BCUT2D eigenvalue weighted by molar-refractivity contribution is 6.01. The maximum Gasteiger partial charge on any atom is 0.243 e. The lowest BCUT2D eigenvalue weighted by molar-refractivity contribution is -0.115. The van der Waals surface area contributed by atoms with E-state index in [2.05, 4.69) is 5.32 Å². The molecule has 1 atom stereocenters. The van der Waals surface area contributed by atoms with Crippen molar-refractivity contribution in [3.63, 3.8) is 0 Å². The van der Waals surface area contributed by atoms with E-state index in [9.17, 15) is 15.0 Å². The van der Waals surface area contributed by atoms with Crippen LogP contribution in [-0.2, 0) is 4.79 Å². The largest absolute Gasteiger partial charge is 0.508 e. The molecule has 2 rings (SSSR count). The summed E-state index contributed by atoms with van der Waals surface area (Å²) in [7, 11) is 0. The van der Waals surface area contributed by atoms with Gasteiger partial charge in [-0.15, -0.1) is 0 Å². The molecule has 16 heavy (non-hydrogen) atoms. The van der Waals surface area contributed by atoms with Crippen molar-refractivity contribution in [2.24, 2.45) is 0 Å². The van der Waals surface area contributed by atoms with Gasteiger partial charge in [0.2, 0.25) is 5.91 Å². The number of nitrogens with one attached hydrogen (secondary N) is 1. The van der Waals surface area contributed by atoms with Gasteiger partial charge in [0.05, 0.1) is 24.0 Å². The molecule has 0 saturated carbocycles. The number of phenols is 1. The molecule has 0 aromatic heterocycles. The Morgan fingerprint density at radius 2 is 2.31 bits per heavy atom. The molecule has 1 aliphatic rings. The number of phenolic OH excluding ortho intramolecular Hbond substituents is 1. The molecule has 5 heteroatoms. The first kappa shape index (κ1) is 10.8. The maximum absolute atomic E-state index is 11.4. The van der Waals surface area contributed by atoms with Crippen LogP contribution in [0.25, 0.3) is 0 Å². The lowest BCUT2D eigenvalue weighted by Gasteiger charge is -2.31. The fourth-order valence-corrected chi connectivity index (χ4v) is 1.82. The first-order valence-electron chi connectivity index (χ1n) is 5.12. The minimum Gasteiger partial charge on any atom is -0.508 e. The molecule has 1 aliphatic heterocycles. The topological polar surface area (TPSA) is 72.8 Å². The molecule has 1 aromatic carbocycles. The van der Waals surface area contributed by atoms with Gasteiger partial charge in [0.25, 0.3) is 0 Å². The number of amides is 1. The summed E-state index contributed by atoms with van der Waals surface area (Å²) in [6.07, 6.45) is -0.527. The van der Waals surface area contributed by atoms with Crippen molar-refractivity contribution >= 4 is 17.3 Å². The van der Waals surface area contributed by atoms with Crippen LogP contribution in [0.2, 0.25) is 0 Å². The minimum atomic E-state index is -0.527. The summed E-state index contributed by atoms with van der Waals surface area (Å²) in [5, 5.41) is 21.5. The molecule has 0 radical (unpaired) electrons. The smallest absolute Gasteiger partial charge is 0.243 e. The van der Waals surface area contributed by atoms with Crippen LogP contribution in [0.3, 0.4) is 0 Å². The van der Waals surface area contributed by atoms with Crippen molar-refractivity contribution in [2.45, 2.75) is 13.0 Å². The zero-order valence-corrected chi connectivity index (χ0v) is 8.97. The number of anilines is 2. The fourth-order valence-electron chi connectivity index (χ4n) is 1.82. The SMILES string of the molecule is CC(O)CN1CC(=O)Nc2ccc(O)cc21. The number of aliphatic hydroxyl groups excluding tert-OH is 1. The number of carbonyl (C=O) groups excluding carboxylic acids is 1. The zero-order chi connectivity index (χ0) is 11.7. The van der Waals surface area contributed by atoms with Crippen molar-refractivity contribution in [2.75, 3.05) is 23.3 Å². The number of β-amino-alcohol motifs (C(OH)–C–C–N with tert-alkyl or cyclic N) is 1. The number of aliphatic hydroxyl groups is 1. The maximum atomic E-state index is 11.4. The minimum absolute atomic E-state index is 0.112. The molecule has 1 amide bonds. The van der Waals surface area contributed by atoms with E-state index in [0.29, 0.717) is 12.2 Å². The van der Waals surface area contributed by atoms with E-state index in [0.717, 1.165) is 5.69 Å². The Kier molecular flexibility index (Phi) is 2.70. The molecule has 3 N–H and O–H groups in total. The van der Waals surface area contributed by atoms with Gasteiger partial charge in [-0.2, -0.15) is 0 Å². The number of rotatable bonds is 2. The molecular formula is C11H14N2O3. The lowest BCUT2D eigenvalue weighted by atomic mass is 10.1. The van der Waals surface area contributed by atoms with Crippen molar-refractivity contribution in [3.8, 4) is 5.75 Å². The molecule has 1 aromatic rings. The number of fused-ring (bicyclic) bond motifs is 1. The third-order valence-corrected chi connectivity index (χ3v) is 2.42. The van der Waals surface area contributed by atoms with E-state index in [1.165, 1.54) is 6.07 Å². The highest BCUT2D eigenvalue weighted by atomic mass is 16.3. The van der Waals surface area contributed by atoms with Gasteiger partial charge in [0.15, 0.2) is 0 Å². The quantitative estimate of drug-likeness (QED) is 0.638. The Hall–Kier alpha value is -1.75. The molecule has 1 heterocycles. The third kappa shape index (κ3) is 2.09. The highest BCUT2D eigenvalue weighted by Gasteiger charge is 2.22.